The number of pyridine rings is 1. The van der Waals surface area contributed by atoms with Gasteiger partial charge in [-0.05, 0) is 31.0 Å². The van der Waals surface area contributed by atoms with Crippen LogP contribution in [0.25, 0.3) is 16.7 Å². The van der Waals surface area contributed by atoms with Gasteiger partial charge in [0.15, 0.2) is 11.9 Å². The van der Waals surface area contributed by atoms with Crippen molar-refractivity contribution in [2.75, 3.05) is 5.01 Å². The zero-order chi connectivity index (χ0) is 23.3. The maximum atomic E-state index is 12.6. The maximum Gasteiger partial charge on any atom is 0.344 e. The Balaban J connectivity index is 1.61. The number of aliphatic hydroxyl groups excluding tert-OH is 1. The Labute approximate surface area is 197 Å². The normalized spacial score (nSPS) is 19.0. The number of carbonyl (C=O) groups excluding carboxylic acids is 1. The van der Waals surface area contributed by atoms with Crippen molar-refractivity contribution in [3.63, 3.8) is 0 Å². The summed E-state index contributed by atoms with van der Waals surface area (Å²) in [4.78, 5) is 24.9. The third kappa shape index (κ3) is 3.54. The minimum Gasteiger partial charge on any atom is -0.367 e. The molecule has 1 unspecified atom stereocenters. The Morgan fingerprint density at radius 2 is 1.82 bits per heavy atom. The van der Waals surface area contributed by atoms with E-state index in [4.69, 9.17) is 28.5 Å². The summed E-state index contributed by atoms with van der Waals surface area (Å²) >= 11 is 13.1. The molecule has 5 rings (SSSR count). The first-order valence-corrected chi connectivity index (χ1v) is 11.0. The number of aliphatic hydroxyl groups is 1. The summed E-state index contributed by atoms with van der Waals surface area (Å²) in [5.74, 6) is 0. The number of rotatable bonds is 3. The average molecular weight is 486 g/mol. The minimum absolute atomic E-state index is 0.0778. The fourth-order valence-electron chi connectivity index (χ4n) is 4.35. The zero-order valence-electron chi connectivity index (χ0n) is 17.1. The van der Waals surface area contributed by atoms with Crippen molar-refractivity contribution in [1.82, 2.24) is 19.7 Å². The number of benzene rings is 1. The first-order valence-electron chi connectivity index (χ1n) is 10.2. The van der Waals surface area contributed by atoms with Crippen LogP contribution in [0, 0.1) is 11.3 Å². The molecule has 1 saturated carbocycles. The number of urea groups is 1. The first-order chi connectivity index (χ1) is 15.9. The van der Waals surface area contributed by atoms with Gasteiger partial charge in [0, 0.05) is 12.1 Å². The van der Waals surface area contributed by atoms with Crippen LogP contribution in [-0.4, -0.2) is 37.4 Å². The summed E-state index contributed by atoms with van der Waals surface area (Å²) < 4.78 is 3.34. The van der Waals surface area contributed by atoms with Crippen LogP contribution in [0.15, 0.2) is 40.4 Å². The first kappa shape index (κ1) is 21.5. The molecule has 2 N–H and O–H groups in total. The van der Waals surface area contributed by atoms with Gasteiger partial charge in [0.05, 0.1) is 33.0 Å². The molecule has 33 heavy (non-hydrogen) atoms. The molecule has 12 heteroatoms. The SMILES string of the molecule is N#CC1=NN(c2cc(Cl)c(-n3ncc4c3ccc(=O)n4C3CCCC3)c(Cl)c2)C(=O)NC1O. The molecule has 3 heterocycles. The minimum atomic E-state index is -1.49. The Morgan fingerprint density at radius 1 is 1.12 bits per heavy atom. The van der Waals surface area contributed by atoms with Crippen LogP contribution in [0.4, 0.5) is 10.5 Å². The standard InChI is InChI=1S/C21H17Cl2N7O3/c22-13-7-12(29-21(33)26-20(32)15(9-24)27-29)8-14(23)19(13)30-16-5-6-18(31)28(17(16)10-25-30)11-3-1-2-4-11/h5-8,10-11,20,32H,1-4H2,(H,26,33). The zero-order valence-corrected chi connectivity index (χ0v) is 18.6. The van der Waals surface area contributed by atoms with Gasteiger partial charge < -0.3 is 15.0 Å². The van der Waals surface area contributed by atoms with Crippen LogP contribution < -0.4 is 15.9 Å². The van der Waals surface area contributed by atoms with E-state index in [-0.39, 0.29) is 33.0 Å². The number of carbonyl (C=O) groups is 1. The van der Waals surface area contributed by atoms with E-state index in [0.29, 0.717) is 16.7 Å². The van der Waals surface area contributed by atoms with E-state index < -0.39 is 12.3 Å². The molecule has 0 saturated heterocycles. The highest BCUT2D eigenvalue weighted by Crippen LogP contribution is 2.36. The van der Waals surface area contributed by atoms with Crippen LogP contribution in [0.3, 0.4) is 0 Å². The molecule has 1 atom stereocenters. The van der Waals surface area contributed by atoms with Gasteiger partial charge in [-0.25, -0.2) is 9.48 Å². The van der Waals surface area contributed by atoms with Gasteiger partial charge in [0.1, 0.15) is 11.8 Å². The number of nitrogens with one attached hydrogen (secondary N) is 1. The van der Waals surface area contributed by atoms with Crippen molar-refractivity contribution < 1.29 is 9.90 Å². The van der Waals surface area contributed by atoms with Crippen molar-refractivity contribution in [2.24, 2.45) is 5.10 Å². The van der Waals surface area contributed by atoms with Gasteiger partial charge in [-0.3, -0.25) is 4.79 Å². The largest absolute Gasteiger partial charge is 0.367 e. The Bertz CT molecular complexity index is 1390. The van der Waals surface area contributed by atoms with E-state index in [9.17, 15) is 14.7 Å². The van der Waals surface area contributed by atoms with E-state index in [0.717, 1.165) is 30.7 Å². The molecule has 0 radical (unpaired) electrons. The monoisotopic (exact) mass is 485 g/mol. The van der Waals surface area contributed by atoms with E-state index >= 15 is 0 Å². The van der Waals surface area contributed by atoms with E-state index in [1.807, 2.05) is 0 Å². The number of hydrogen-bond donors (Lipinski definition) is 2. The predicted molar refractivity (Wildman–Crippen MR) is 123 cm³/mol. The van der Waals surface area contributed by atoms with Gasteiger partial charge >= 0.3 is 6.03 Å². The number of halogens is 2. The summed E-state index contributed by atoms with van der Waals surface area (Å²) in [5, 5.41) is 30.6. The number of hydrazone groups is 1. The lowest BCUT2D eigenvalue weighted by atomic mass is 10.2. The molecule has 10 nitrogen and oxygen atoms in total. The second-order valence-corrected chi connectivity index (χ2v) is 8.64. The second kappa shape index (κ2) is 8.19. The molecule has 3 aromatic rings. The molecule has 2 amide bonds. The summed E-state index contributed by atoms with van der Waals surface area (Å²) in [6, 6.07) is 7.22. The number of anilines is 1. The molecule has 1 aliphatic heterocycles. The van der Waals surface area contributed by atoms with Crippen LogP contribution in [0.1, 0.15) is 31.7 Å². The predicted octanol–water partition coefficient (Wildman–Crippen LogP) is 3.34. The topological polar surface area (TPSA) is 129 Å². The van der Waals surface area contributed by atoms with Gasteiger partial charge in [0.25, 0.3) is 5.56 Å². The number of hydrogen-bond acceptors (Lipinski definition) is 6. The number of amides is 2. The molecule has 2 aliphatic rings. The summed E-state index contributed by atoms with van der Waals surface area (Å²) in [7, 11) is 0. The van der Waals surface area contributed by atoms with Crippen molar-refractivity contribution in [3.8, 4) is 11.8 Å². The molecule has 168 valence electrons. The van der Waals surface area contributed by atoms with Crippen molar-refractivity contribution in [1.29, 1.82) is 5.26 Å². The summed E-state index contributed by atoms with van der Waals surface area (Å²) in [6.45, 7) is 0. The smallest absolute Gasteiger partial charge is 0.344 e. The molecular formula is C21H17Cl2N7O3. The Hall–Kier alpha value is -3.39. The Morgan fingerprint density at radius 3 is 2.48 bits per heavy atom. The maximum absolute atomic E-state index is 12.6. The number of aromatic nitrogens is 3. The molecule has 2 aromatic heterocycles. The van der Waals surface area contributed by atoms with E-state index in [2.05, 4.69) is 15.5 Å². The fraction of sp³-hybridized carbons (Fsp3) is 0.286. The Kier molecular flexibility index (Phi) is 5.32. The fourth-order valence-corrected chi connectivity index (χ4v) is 4.98. The highest BCUT2D eigenvalue weighted by molar-refractivity contribution is 6.38. The van der Waals surface area contributed by atoms with Gasteiger partial charge in [0.2, 0.25) is 0 Å². The molecule has 1 fully saturated rings. The molecule has 1 aromatic carbocycles. The molecular weight excluding hydrogens is 469 g/mol. The molecule has 1 aliphatic carbocycles. The van der Waals surface area contributed by atoms with Gasteiger partial charge in [-0.15, -0.1) is 0 Å². The third-order valence-electron chi connectivity index (χ3n) is 5.85. The average Bonchev–Trinajstić information content (AvgIpc) is 3.44. The highest BCUT2D eigenvalue weighted by atomic mass is 35.5. The van der Waals surface area contributed by atoms with Gasteiger partial charge in [-0.1, -0.05) is 36.0 Å². The van der Waals surface area contributed by atoms with Gasteiger partial charge in [-0.2, -0.15) is 20.5 Å². The lowest BCUT2D eigenvalue weighted by molar-refractivity contribution is 0.190. The highest BCUT2D eigenvalue weighted by Gasteiger charge is 2.29. The molecule has 0 bridgehead atoms. The van der Waals surface area contributed by atoms with E-state index in [1.165, 1.54) is 18.2 Å². The van der Waals surface area contributed by atoms with Crippen LogP contribution >= 0.6 is 23.2 Å². The van der Waals surface area contributed by atoms with Crippen LogP contribution in [-0.2, 0) is 0 Å². The van der Waals surface area contributed by atoms with Crippen molar-refractivity contribution in [2.45, 2.75) is 38.0 Å². The number of fused-ring (bicyclic) bond motifs is 1. The van der Waals surface area contributed by atoms with E-state index in [1.54, 1.807) is 27.6 Å². The quantitative estimate of drug-likeness (QED) is 0.587. The molecule has 0 spiro atoms. The second-order valence-electron chi connectivity index (χ2n) is 7.83. The van der Waals surface area contributed by atoms with Crippen LogP contribution in [0.5, 0.6) is 0 Å². The lowest BCUT2D eigenvalue weighted by Gasteiger charge is -2.26. The van der Waals surface area contributed by atoms with Crippen molar-refractivity contribution in [3.05, 3.63) is 50.9 Å². The van der Waals surface area contributed by atoms with Crippen molar-refractivity contribution >= 4 is 51.7 Å². The third-order valence-corrected chi connectivity index (χ3v) is 6.42. The summed E-state index contributed by atoms with van der Waals surface area (Å²) in [6.07, 6.45) is 4.18. The number of nitriles is 1. The summed E-state index contributed by atoms with van der Waals surface area (Å²) in [5.41, 5.74) is 1.57. The van der Waals surface area contributed by atoms with Crippen LogP contribution in [0.2, 0.25) is 10.0 Å². The lowest BCUT2D eigenvalue weighted by Crippen LogP contribution is -2.51. The number of nitrogens with zero attached hydrogens (tertiary/aromatic N) is 6.